The first-order chi connectivity index (χ1) is 7.85. The highest BCUT2D eigenvalue weighted by molar-refractivity contribution is 5.50. The molecule has 0 bridgehead atoms. The Morgan fingerprint density at radius 2 is 2.38 bits per heavy atom. The molecule has 4 nitrogen and oxygen atoms in total. The molecular weight excluding hydrogens is 200 g/mol. The molecule has 1 aromatic carbocycles. The van der Waals surface area contributed by atoms with E-state index in [1.807, 2.05) is 37.5 Å². The van der Waals surface area contributed by atoms with E-state index in [1.54, 1.807) is 10.9 Å². The molecule has 0 saturated heterocycles. The predicted octanol–water partition coefficient (Wildman–Crippen LogP) is 1.46. The van der Waals surface area contributed by atoms with Crippen molar-refractivity contribution in [3.8, 4) is 11.8 Å². The minimum Gasteiger partial charge on any atom is -0.316 e. The average Bonchev–Trinajstić information content (AvgIpc) is 2.83. The van der Waals surface area contributed by atoms with E-state index < -0.39 is 0 Å². The Kier molecular flexibility index (Phi) is 2.99. The van der Waals surface area contributed by atoms with Crippen molar-refractivity contribution in [2.75, 3.05) is 7.05 Å². The van der Waals surface area contributed by atoms with Gasteiger partial charge in [-0.3, -0.25) is 0 Å². The second-order valence-corrected chi connectivity index (χ2v) is 3.44. The summed E-state index contributed by atoms with van der Waals surface area (Å²) < 4.78 is 1.70. The number of nitriles is 1. The number of aromatic nitrogens is 2. The molecule has 0 aliphatic carbocycles. The molecule has 80 valence electrons. The second kappa shape index (κ2) is 4.60. The van der Waals surface area contributed by atoms with Crippen molar-refractivity contribution in [2.45, 2.75) is 6.54 Å². The van der Waals surface area contributed by atoms with Crippen LogP contribution in [0.5, 0.6) is 0 Å². The van der Waals surface area contributed by atoms with Gasteiger partial charge in [-0.25, -0.2) is 4.68 Å². The normalized spacial score (nSPS) is 10.0. The highest BCUT2D eigenvalue weighted by Crippen LogP contribution is 2.15. The molecule has 0 saturated carbocycles. The van der Waals surface area contributed by atoms with E-state index in [0.717, 1.165) is 17.8 Å². The van der Waals surface area contributed by atoms with Gasteiger partial charge in [0.1, 0.15) is 6.07 Å². The third kappa shape index (κ3) is 1.95. The highest BCUT2D eigenvalue weighted by atomic mass is 15.3. The Bertz CT molecular complexity index is 508. The van der Waals surface area contributed by atoms with Gasteiger partial charge >= 0.3 is 0 Å². The lowest BCUT2D eigenvalue weighted by molar-refractivity contribution is 0.814. The summed E-state index contributed by atoms with van der Waals surface area (Å²) >= 11 is 0. The van der Waals surface area contributed by atoms with Crippen molar-refractivity contribution in [3.05, 3.63) is 47.8 Å². The summed E-state index contributed by atoms with van der Waals surface area (Å²) in [5.41, 5.74) is 2.54. The van der Waals surface area contributed by atoms with E-state index in [0.29, 0.717) is 5.56 Å². The molecule has 4 heteroatoms. The lowest BCUT2D eigenvalue weighted by Crippen LogP contribution is -2.06. The van der Waals surface area contributed by atoms with Crippen LogP contribution in [0.3, 0.4) is 0 Å². The monoisotopic (exact) mass is 212 g/mol. The van der Waals surface area contributed by atoms with Crippen molar-refractivity contribution < 1.29 is 0 Å². The largest absolute Gasteiger partial charge is 0.316 e. The standard InChI is InChI=1S/C12H12N4/c1-14-9-10-3-4-12(11(7-10)8-13)16-6-2-5-15-16/h2-7,14H,9H2,1H3. The third-order valence-corrected chi connectivity index (χ3v) is 2.31. The van der Waals surface area contributed by atoms with Crippen LogP contribution in [0.1, 0.15) is 11.1 Å². The minimum atomic E-state index is 0.636. The van der Waals surface area contributed by atoms with E-state index in [4.69, 9.17) is 5.26 Å². The molecule has 0 spiro atoms. The average molecular weight is 212 g/mol. The second-order valence-electron chi connectivity index (χ2n) is 3.44. The Morgan fingerprint density at radius 3 is 3.00 bits per heavy atom. The first-order valence-electron chi connectivity index (χ1n) is 5.03. The van der Waals surface area contributed by atoms with E-state index in [2.05, 4.69) is 16.5 Å². The van der Waals surface area contributed by atoms with Crippen LogP contribution < -0.4 is 5.32 Å². The molecule has 0 amide bonds. The smallest absolute Gasteiger partial charge is 0.101 e. The quantitative estimate of drug-likeness (QED) is 0.838. The number of hydrogen-bond acceptors (Lipinski definition) is 3. The molecule has 1 N–H and O–H groups in total. The molecule has 2 rings (SSSR count). The molecule has 0 aliphatic heterocycles. The van der Waals surface area contributed by atoms with Crippen molar-refractivity contribution in [1.82, 2.24) is 15.1 Å². The fraction of sp³-hybridized carbons (Fsp3) is 0.167. The number of nitrogens with zero attached hydrogens (tertiary/aromatic N) is 3. The molecule has 2 aromatic rings. The summed E-state index contributed by atoms with van der Waals surface area (Å²) in [6, 6.07) is 9.82. The highest BCUT2D eigenvalue weighted by Gasteiger charge is 2.05. The minimum absolute atomic E-state index is 0.636. The fourth-order valence-corrected chi connectivity index (χ4v) is 1.60. The van der Waals surface area contributed by atoms with Crippen LogP contribution in [0.15, 0.2) is 36.7 Å². The molecule has 1 aromatic heterocycles. The molecule has 0 aliphatic rings. The number of hydrogen-bond donors (Lipinski definition) is 1. The summed E-state index contributed by atoms with van der Waals surface area (Å²) in [6.45, 7) is 0.758. The Hall–Kier alpha value is -2.12. The molecule has 0 radical (unpaired) electrons. The Morgan fingerprint density at radius 1 is 1.50 bits per heavy atom. The number of nitrogens with one attached hydrogen (secondary N) is 1. The maximum Gasteiger partial charge on any atom is 0.101 e. The van der Waals surface area contributed by atoms with Gasteiger partial charge in [-0.2, -0.15) is 10.4 Å². The Balaban J connectivity index is 2.44. The van der Waals surface area contributed by atoms with Gasteiger partial charge in [-0.1, -0.05) is 6.07 Å². The molecule has 0 atom stereocenters. The maximum absolute atomic E-state index is 9.10. The third-order valence-electron chi connectivity index (χ3n) is 2.31. The summed E-state index contributed by atoms with van der Waals surface area (Å²) in [6.07, 6.45) is 3.52. The zero-order valence-electron chi connectivity index (χ0n) is 9.01. The topological polar surface area (TPSA) is 53.6 Å². The van der Waals surface area contributed by atoms with Crippen molar-refractivity contribution in [3.63, 3.8) is 0 Å². The molecular formula is C12H12N4. The molecule has 16 heavy (non-hydrogen) atoms. The predicted molar refractivity (Wildman–Crippen MR) is 61.0 cm³/mol. The summed E-state index contributed by atoms with van der Waals surface area (Å²) in [5.74, 6) is 0. The number of benzene rings is 1. The van der Waals surface area contributed by atoms with Crippen molar-refractivity contribution in [1.29, 1.82) is 5.26 Å². The summed E-state index contributed by atoms with van der Waals surface area (Å²) in [7, 11) is 1.88. The first kappa shape index (κ1) is 10.4. The van der Waals surface area contributed by atoms with E-state index >= 15 is 0 Å². The van der Waals surface area contributed by atoms with Crippen LogP contribution in [-0.4, -0.2) is 16.8 Å². The van der Waals surface area contributed by atoms with Gasteiger partial charge in [0.15, 0.2) is 0 Å². The van der Waals surface area contributed by atoms with Gasteiger partial charge in [-0.05, 0) is 30.8 Å². The molecule has 1 heterocycles. The van der Waals surface area contributed by atoms with E-state index in [1.165, 1.54) is 0 Å². The van der Waals surface area contributed by atoms with Gasteiger partial charge in [0.05, 0.1) is 11.3 Å². The maximum atomic E-state index is 9.10. The number of rotatable bonds is 3. The fourth-order valence-electron chi connectivity index (χ4n) is 1.60. The van der Waals surface area contributed by atoms with Gasteiger partial charge in [-0.15, -0.1) is 0 Å². The summed E-state index contributed by atoms with van der Waals surface area (Å²) in [5, 5.41) is 16.3. The SMILES string of the molecule is CNCc1ccc(-n2cccn2)c(C#N)c1. The zero-order valence-corrected chi connectivity index (χ0v) is 9.01. The van der Waals surface area contributed by atoms with Gasteiger partial charge in [0.2, 0.25) is 0 Å². The molecule has 0 fully saturated rings. The van der Waals surface area contributed by atoms with Gasteiger partial charge in [0, 0.05) is 18.9 Å². The van der Waals surface area contributed by atoms with Crippen LogP contribution >= 0.6 is 0 Å². The van der Waals surface area contributed by atoms with Gasteiger partial charge in [0.25, 0.3) is 0 Å². The lowest BCUT2D eigenvalue weighted by Gasteiger charge is -2.06. The van der Waals surface area contributed by atoms with Crippen molar-refractivity contribution in [2.24, 2.45) is 0 Å². The Labute approximate surface area is 94.1 Å². The van der Waals surface area contributed by atoms with Crippen LogP contribution in [-0.2, 0) is 6.54 Å². The van der Waals surface area contributed by atoms with Crippen LogP contribution in [0.4, 0.5) is 0 Å². The van der Waals surface area contributed by atoms with Gasteiger partial charge < -0.3 is 5.32 Å². The lowest BCUT2D eigenvalue weighted by atomic mass is 10.1. The summed E-state index contributed by atoms with van der Waals surface area (Å²) in [4.78, 5) is 0. The van der Waals surface area contributed by atoms with Crippen LogP contribution in [0, 0.1) is 11.3 Å². The first-order valence-corrected chi connectivity index (χ1v) is 5.03. The van der Waals surface area contributed by atoms with Crippen molar-refractivity contribution >= 4 is 0 Å². The van der Waals surface area contributed by atoms with Crippen LogP contribution in [0.2, 0.25) is 0 Å². The molecule has 0 unspecified atom stereocenters. The van der Waals surface area contributed by atoms with Crippen LogP contribution in [0.25, 0.3) is 5.69 Å². The van der Waals surface area contributed by atoms with E-state index in [-0.39, 0.29) is 0 Å². The van der Waals surface area contributed by atoms with E-state index in [9.17, 15) is 0 Å². The zero-order chi connectivity index (χ0) is 11.4.